The molecule has 0 fully saturated rings. The summed E-state index contributed by atoms with van der Waals surface area (Å²) in [5, 5.41) is 6.77. The van der Waals surface area contributed by atoms with Crippen LogP contribution in [0.4, 0.5) is 9.52 Å². The third kappa shape index (κ3) is 4.87. The van der Waals surface area contributed by atoms with E-state index in [0.29, 0.717) is 23.1 Å². The van der Waals surface area contributed by atoms with Crippen molar-refractivity contribution < 1.29 is 9.13 Å². The predicted octanol–water partition coefficient (Wildman–Crippen LogP) is 5.18. The minimum Gasteiger partial charge on any atom is -0.493 e. The lowest BCUT2D eigenvalue weighted by atomic mass is 10.2. The average Bonchev–Trinajstić information content (AvgIpc) is 3.09. The van der Waals surface area contributed by atoms with Gasteiger partial charge < -0.3 is 4.74 Å². The third-order valence-electron chi connectivity index (χ3n) is 3.31. The zero-order valence-electron chi connectivity index (χ0n) is 13.8. The van der Waals surface area contributed by atoms with Crippen molar-refractivity contribution in [1.29, 1.82) is 0 Å². The summed E-state index contributed by atoms with van der Waals surface area (Å²) in [7, 11) is 0. The van der Waals surface area contributed by atoms with Gasteiger partial charge in [-0.15, -0.1) is 11.3 Å². The Morgan fingerprint density at radius 2 is 2.08 bits per heavy atom. The van der Waals surface area contributed by atoms with Crippen LogP contribution in [0.5, 0.6) is 5.75 Å². The standard InChI is InChI=1S/C19H18FN3OS/c1-2-8-24-17-10-14(9-16(20)11-17)12-21-23-19-22-18(13-25-19)15-6-4-3-5-7-15/h3-7,9-13H,2,8H2,1H3,(H,22,23). The molecule has 0 radical (unpaired) electrons. The fourth-order valence-electron chi connectivity index (χ4n) is 2.19. The van der Waals surface area contributed by atoms with Gasteiger partial charge in [-0.25, -0.2) is 9.37 Å². The van der Waals surface area contributed by atoms with Gasteiger partial charge in [-0.2, -0.15) is 5.10 Å². The quantitative estimate of drug-likeness (QED) is 0.469. The monoisotopic (exact) mass is 355 g/mol. The number of benzene rings is 2. The second-order valence-corrected chi connectivity index (χ2v) is 6.20. The van der Waals surface area contributed by atoms with Crippen LogP contribution in [0.25, 0.3) is 11.3 Å². The van der Waals surface area contributed by atoms with Gasteiger partial charge in [0, 0.05) is 22.6 Å². The summed E-state index contributed by atoms with van der Waals surface area (Å²) in [6.45, 7) is 2.56. The van der Waals surface area contributed by atoms with Gasteiger partial charge in [0.15, 0.2) is 0 Å². The van der Waals surface area contributed by atoms with Crippen molar-refractivity contribution in [2.24, 2.45) is 5.10 Å². The highest BCUT2D eigenvalue weighted by Gasteiger charge is 2.03. The molecule has 0 aliphatic rings. The molecule has 0 atom stereocenters. The SMILES string of the molecule is CCCOc1cc(F)cc(C=NNc2nc(-c3ccccc3)cs2)c1. The molecule has 0 saturated carbocycles. The molecular formula is C19H18FN3OS. The highest BCUT2D eigenvalue weighted by atomic mass is 32.1. The zero-order valence-corrected chi connectivity index (χ0v) is 14.6. The van der Waals surface area contributed by atoms with E-state index in [0.717, 1.165) is 17.7 Å². The summed E-state index contributed by atoms with van der Waals surface area (Å²) >= 11 is 1.46. The molecule has 0 amide bonds. The Morgan fingerprint density at radius 3 is 2.88 bits per heavy atom. The average molecular weight is 355 g/mol. The summed E-state index contributed by atoms with van der Waals surface area (Å²) < 4.78 is 19.1. The number of aromatic nitrogens is 1. The van der Waals surface area contributed by atoms with E-state index < -0.39 is 0 Å². The molecule has 3 aromatic rings. The van der Waals surface area contributed by atoms with Crippen LogP contribution < -0.4 is 10.2 Å². The van der Waals surface area contributed by atoms with Crippen LogP contribution in [-0.4, -0.2) is 17.8 Å². The summed E-state index contributed by atoms with van der Waals surface area (Å²) in [4.78, 5) is 4.48. The Labute approximate surface area is 150 Å². The van der Waals surface area contributed by atoms with Gasteiger partial charge in [0.25, 0.3) is 0 Å². The molecule has 0 bridgehead atoms. The Bertz CT molecular complexity index is 849. The second kappa shape index (κ2) is 8.39. The topological polar surface area (TPSA) is 46.5 Å². The fourth-order valence-corrected chi connectivity index (χ4v) is 2.86. The minimum atomic E-state index is -0.351. The lowest BCUT2D eigenvalue weighted by Crippen LogP contribution is -1.97. The van der Waals surface area contributed by atoms with Gasteiger partial charge in [0.1, 0.15) is 11.6 Å². The first-order valence-corrected chi connectivity index (χ1v) is 8.86. The number of halogens is 1. The summed E-state index contributed by atoms with van der Waals surface area (Å²) in [6, 6.07) is 14.5. The normalized spacial score (nSPS) is 11.0. The maximum absolute atomic E-state index is 13.6. The molecule has 0 aliphatic carbocycles. The Kier molecular flexibility index (Phi) is 5.74. The number of nitrogens with zero attached hydrogens (tertiary/aromatic N) is 2. The van der Waals surface area contributed by atoms with Gasteiger partial charge in [0.2, 0.25) is 5.13 Å². The van der Waals surface area contributed by atoms with Crippen molar-refractivity contribution in [3.05, 3.63) is 65.3 Å². The molecule has 1 aromatic heterocycles. The second-order valence-electron chi connectivity index (χ2n) is 5.34. The van der Waals surface area contributed by atoms with E-state index in [2.05, 4.69) is 15.5 Å². The number of ether oxygens (including phenoxy) is 1. The van der Waals surface area contributed by atoms with Crippen LogP contribution in [0.3, 0.4) is 0 Å². The predicted molar refractivity (Wildman–Crippen MR) is 101 cm³/mol. The number of thiazole rings is 1. The van der Waals surface area contributed by atoms with Crippen LogP contribution in [-0.2, 0) is 0 Å². The van der Waals surface area contributed by atoms with Gasteiger partial charge in [-0.1, -0.05) is 37.3 Å². The molecular weight excluding hydrogens is 337 g/mol. The first-order valence-electron chi connectivity index (χ1n) is 7.98. The van der Waals surface area contributed by atoms with Crippen molar-refractivity contribution in [3.8, 4) is 17.0 Å². The molecule has 1 N–H and O–H groups in total. The molecule has 6 heteroatoms. The van der Waals surface area contributed by atoms with Crippen molar-refractivity contribution in [1.82, 2.24) is 4.98 Å². The zero-order chi connectivity index (χ0) is 17.5. The van der Waals surface area contributed by atoms with Crippen molar-refractivity contribution in [2.75, 3.05) is 12.0 Å². The number of rotatable bonds is 7. The molecule has 4 nitrogen and oxygen atoms in total. The molecule has 1 heterocycles. The molecule has 3 rings (SSSR count). The molecule has 2 aromatic carbocycles. The minimum absolute atomic E-state index is 0.351. The van der Waals surface area contributed by atoms with Crippen LogP contribution in [0, 0.1) is 5.82 Å². The first kappa shape index (κ1) is 17.1. The van der Waals surface area contributed by atoms with Gasteiger partial charge >= 0.3 is 0 Å². The largest absolute Gasteiger partial charge is 0.493 e. The highest BCUT2D eigenvalue weighted by molar-refractivity contribution is 7.14. The summed E-state index contributed by atoms with van der Waals surface area (Å²) in [5.41, 5.74) is 5.45. The van der Waals surface area contributed by atoms with E-state index in [1.54, 1.807) is 12.3 Å². The first-order chi connectivity index (χ1) is 12.2. The summed E-state index contributed by atoms with van der Waals surface area (Å²) in [5.74, 6) is 0.152. The number of hydrogen-bond acceptors (Lipinski definition) is 5. The van der Waals surface area contributed by atoms with Crippen molar-refractivity contribution in [2.45, 2.75) is 13.3 Å². The van der Waals surface area contributed by atoms with Gasteiger partial charge in [-0.05, 0) is 18.6 Å². The maximum Gasteiger partial charge on any atom is 0.203 e. The summed E-state index contributed by atoms with van der Waals surface area (Å²) in [6.07, 6.45) is 2.42. The fraction of sp³-hybridized carbons (Fsp3) is 0.158. The molecule has 0 aliphatic heterocycles. The highest BCUT2D eigenvalue weighted by Crippen LogP contribution is 2.24. The Balaban J connectivity index is 1.65. The molecule has 0 spiro atoms. The van der Waals surface area contributed by atoms with E-state index in [-0.39, 0.29) is 5.82 Å². The molecule has 128 valence electrons. The Hall–Kier alpha value is -2.73. The van der Waals surface area contributed by atoms with Crippen LogP contribution in [0.1, 0.15) is 18.9 Å². The molecule has 0 unspecified atom stereocenters. The Morgan fingerprint density at radius 1 is 1.24 bits per heavy atom. The molecule has 0 saturated heterocycles. The van der Waals surface area contributed by atoms with E-state index >= 15 is 0 Å². The number of hydrogen-bond donors (Lipinski definition) is 1. The van der Waals surface area contributed by atoms with Crippen molar-refractivity contribution >= 4 is 22.7 Å². The van der Waals surface area contributed by atoms with Crippen LogP contribution in [0.15, 0.2) is 59.0 Å². The van der Waals surface area contributed by atoms with Crippen LogP contribution in [0.2, 0.25) is 0 Å². The molecule has 25 heavy (non-hydrogen) atoms. The van der Waals surface area contributed by atoms with Gasteiger partial charge in [0.05, 0.1) is 18.5 Å². The number of nitrogens with one attached hydrogen (secondary N) is 1. The van der Waals surface area contributed by atoms with Crippen molar-refractivity contribution in [3.63, 3.8) is 0 Å². The number of anilines is 1. The van der Waals surface area contributed by atoms with E-state index in [9.17, 15) is 4.39 Å². The smallest absolute Gasteiger partial charge is 0.203 e. The maximum atomic E-state index is 13.6. The lowest BCUT2D eigenvalue weighted by Gasteiger charge is -2.05. The third-order valence-corrected chi connectivity index (χ3v) is 4.06. The van der Waals surface area contributed by atoms with E-state index in [1.807, 2.05) is 42.6 Å². The van der Waals surface area contributed by atoms with E-state index in [1.165, 1.54) is 23.5 Å². The number of hydrazone groups is 1. The van der Waals surface area contributed by atoms with Gasteiger partial charge in [-0.3, -0.25) is 5.43 Å². The van der Waals surface area contributed by atoms with E-state index in [4.69, 9.17) is 4.74 Å². The lowest BCUT2D eigenvalue weighted by molar-refractivity contribution is 0.316. The van der Waals surface area contributed by atoms with Crippen LogP contribution >= 0.6 is 11.3 Å².